The second-order valence-electron chi connectivity index (χ2n) is 6.39. The maximum atomic E-state index is 5.71. The zero-order valence-corrected chi connectivity index (χ0v) is 14.7. The van der Waals surface area contributed by atoms with Crippen molar-refractivity contribution in [2.75, 3.05) is 31.1 Å². The van der Waals surface area contributed by atoms with E-state index in [2.05, 4.69) is 78.2 Å². The zero-order valence-electron chi connectivity index (χ0n) is 13.9. The first kappa shape index (κ1) is 16.0. The molecule has 2 nitrogen and oxygen atoms in total. The molecule has 0 unspecified atom stereocenters. The normalized spacial score (nSPS) is 15.1. The molecular weight excluding hydrogens is 300 g/mol. The van der Waals surface area contributed by atoms with Gasteiger partial charge in [-0.15, -0.1) is 0 Å². The summed E-state index contributed by atoms with van der Waals surface area (Å²) < 4.78 is 0. The minimum absolute atomic E-state index is 0.562. The largest absolute Gasteiger partial charge is 0.368 e. The summed E-state index contributed by atoms with van der Waals surface area (Å²) in [6.07, 6.45) is 0. The Balaban J connectivity index is 1.62. The van der Waals surface area contributed by atoms with Crippen molar-refractivity contribution in [2.45, 2.75) is 19.8 Å². The minimum Gasteiger partial charge on any atom is -0.368 e. The number of benzene rings is 2. The van der Waals surface area contributed by atoms with Crippen LogP contribution < -0.4 is 4.90 Å². The van der Waals surface area contributed by atoms with Gasteiger partial charge in [0.2, 0.25) is 0 Å². The van der Waals surface area contributed by atoms with Crippen molar-refractivity contribution in [3.8, 4) is 0 Å². The van der Waals surface area contributed by atoms with Gasteiger partial charge in [0, 0.05) is 37.4 Å². The molecule has 0 spiro atoms. The van der Waals surface area contributed by atoms with Crippen LogP contribution in [0.15, 0.2) is 54.6 Å². The Hall–Kier alpha value is -1.87. The van der Waals surface area contributed by atoms with Crippen molar-refractivity contribution in [3.63, 3.8) is 0 Å². The molecule has 3 heteroatoms. The van der Waals surface area contributed by atoms with Crippen LogP contribution in [0.4, 0.5) is 5.69 Å². The number of para-hydroxylation sites is 1. The van der Waals surface area contributed by atoms with E-state index in [-0.39, 0.29) is 0 Å². The van der Waals surface area contributed by atoms with Gasteiger partial charge in [-0.2, -0.15) is 0 Å². The molecule has 0 aliphatic carbocycles. The Labute approximate surface area is 144 Å². The monoisotopic (exact) mass is 324 g/mol. The third kappa shape index (κ3) is 3.73. The molecule has 1 fully saturated rings. The van der Waals surface area contributed by atoms with Crippen molar-refractivity contribution >= 4 is 22.9 Å². The summed E-state index contributed by atoms with van der Waals surface area (Å²) >= 11 is 5.71. The van der Waals surface area contributed by atoms with Crippen LogP contribution in [0.2, 0.25) is 0 Å². The van der Waals surface area contributed by atoms with E-state index in [1.165, 1.54) is 11.3 Å². The van der Waals surface area contributed by atoms with E-state index in [1.807, 2.05) is 0 Å². The van der Waals surface area contributed by atoms with Crippen LogP contribution in [0.3, 0.4) is 0 Å². The average Bonchev–Trinajstić information content (AvgIpc) is 2.62. The van der Waals surface area contributed by atoms with Gasteiger partial charge in [-0.25, -0.2) is 0 Å². The number of rotatable bonds is 3. The number of nitrogens with zero attached hydrogens (tertiary/aromatic N) is 2. The van der Waals surface area contributed by atoms with E-state index in [0.29, 0.717) is 5.92 Å². The van der Waals surface area contributed by atoms with Crippen LogP contribution in [0.1, 0.15) is 30.9 Å². The fourth-order valence-electron chi connectivity index (χ4n) is 3.00. The first-order valence-corrected chi connectivity index (χ1v) is 8.75. The molecule has 1 aliphatic rings. The van der Waals surface area contributed by atoms with Crippen LogP contribution in [0.25, 0.3) is 0 Å². The Morgan fingerprint density at radius 2 is 1.48 bits per heavy atom. The number of anilines is 1. The van der Waals surface area contributed by atoms with Crippen LogP contribution in [0.5, 0.6) is 0 Å². The van der Waals surface area contributed by atoms with Gasteiger partial charge in [0.05, 0.1) is 0 Å². The average molecular weight is 324 g/mol. The highest BCUT2D eigenvalue weighted by Crippen LogP contribution is 2.19. The molecule has 0 bridgehead atoms. The molecular formula is C20H24N2S. The lowest BCUT2D eigenvalue weighted by molar-refractivity contribution is 0.392. The number of thiocarbonyl (C=S) groups is 1. The van der Waals surface area contributed by atoms with E-state index in [4.69, 9.17) is 12.2 Å². The highest BCUT2D eigenvalue weighted by molar-refractivity contribution is 7.80. The van der Waals surface area contributed by atoms with Crippen molar-refractivity contribution in [3.05, 3.63) is 65.7 Å². The molecule has 0 aromatic heterocycles. The third-order valence-electron chi connectivity index (χ3n) is 4.51. The van der Waals surface area contributed by atoms with E-state index in [1.54, 1.807) is 0 Å². The molecule has 0 radical (unpaired) electrons. The first-order valence-electron chi connectivity index (χ1n) is 8.34. The van der Waals surface area contributed by atoms with Gasteiger partial charge in [-0.3, -0.25) is 0 Å². The maximum absolute atomic E-state index is 5.71. The Bertz CT molecular complexity index is 641. The van der Waals surface area contributed by atoms with Crippen molar-refractivity contribution in [1.82, 2.24) is 4.90 Å². The molecule has 0 amide bonds. The van der Waals surface area contributed by atoms with Gasteiger partial charge >= 0.3 is 0 Å². The SMILES string of the molecule is CC(C)c1ccc(C(=S)N2CCN(c3ccccc3)CC2)cc1. The Morgan fingerprint density at radius 3 is 2.04 bits per heavy atom. The van der Waals surface area contributed by atoms with Gasteiger partial charge in [-0.05, 0) is 23.6 Å². The quantitative estimate of drug-likeness (QED) is 0.777. The maximum Gasteiger partial charge on any atom is 0.109 e. The van der Waals surface area contributed by atoms with Crippen LogP contribution in [-0.4, -0.2) is 36.1 Å². The van der Waals surface area contributed by atoms with E-state index in [0.717, 1.165) is 36.7 Å². The predicted molar refractivity (Wildman–Crippen MR) is 102 cm³/mol. The van der Waals surface area contributed by atoms with Crippen LogP contribution in [-0.2, 0) is 0 Å². The Kier molecular flexibility index (Phi) is 4.97. The van der Waals surface area contributed by atoms with Crippen molar-refractivity contribution < 1.29 is 0 Å². The molecule has 2 aromatic carbocycles. The van der Waals surface area contributed by atoms with Crippen LogP contribution >= 0.6 is 12.2 Å². The molecule has 2 aromatic rings. The topological polar surface area (TPSA) is 6.48 Å². The molecule has 1 heterocycles. The lowest BCUT2D eigenvalue weighted by atomic mass is 10.0. The summed E-state index contributed by atoms with van der Waals surface area (Å²) in [6.45, 7) is 8.45. The summed E-state index contributed by atoms with van der Waals surface area (Å²) in [4.78, 5) is 5.74. The lowest BCUT2D eigenvalue weighted by Gasteiger charge is -2.37. The van der Waals surface area contributed by atoms with Gasteiger partial charge in [0.15, 0.2) is 0 Å². The molecule has 1 saturated heterocycles. The molecule has 0 atom stereocenters. The van der Waals surface area contributed by atoms with Gasteiger partial charge in [0.1, 0.15) is 4.99 Å². The molecule has 120 valence electrons. The van der Waals surface area contributed by atoms with Gasteiger partial charge < -0.3 is 9.80 Å². The van der Waals surface area contributed by atoms with Crippen molar-refractivity contribution in [2.24, 2.45) is 0 Å². The second-order valence-corrected chi connectivity index (χ2v) is 6.78. The van der Waals surface area contributed by atoms with E-state index < -0.39 is 0 Å². The van der Waals surface area contributed by atoms with Gasteiger partial charge in [0.25, 0.3) is 0 Å². The standard InChI is InChI=1S/C20H24N2S/c1-16(2)17-8-10-18(11-9-17)20(23)22-14-12-21(13-15-22)19-6-4-3-5-7-19/h3-11,16H,12-15H2,1-2H3. The molecule has 0 N–H and O–H groups in total. The second kappa shape index (κ2) is 7.14. The summed E-state index contributed by atoms with van der Waals surface area (Å²) in [5.74, 6) is 0.562. The number of hydrogen-bond acceptors (Lipinski definition) is 2. The lowest BCUT2D eigenvalue weighted by Crippen LogP contribution is -2.48. The summed E-state index contributed by atoms with van der Waals surface area (Å²) in [6, 6.07) is 19.4. The predicted octanol–water partition coefficient (Wildman–Crippen LogP) is 4.31. The van der Waals surface area contributed by atoms with E-state index in [9.17, 15) is 0 Å². The molecule has 0 saturated carbocycles. The Morgan fingerprint density at radius 1 is 0.870 bits per heavy atom. The number of hydrogen-bond donors (Lipinski definition) is 0. The smallest absolute Gasteiger partial charge is 0.109 e. The number of piperazine rings is 1. The fraction of sp³-hybridized carbons (Fsp3) is 0.350. The van der Waals surface area contributed by atoms with Crippen LogP contribution in [0, 0.1) is 0 Å². The van der Waals surface area contributed by atoms with Gasteiger partial charge in [-0.1, -0.05) is 68.5 Å². The van der Waals surface area contributed by atoms with E-state index >= 15 is 0 Å². The zero-order chi connectivity index (χ0) is 16.2. The highest BCUT2D eigenvalue weighted by atomic mass is 32.1. The molecule has 23 heavy (non-hydrogen) atoms. The fourth-order valence-corrected chi connectivity index (χ4v) is 3.32. The minimum atomic E-state index is 0.562. The summed E-state index contributed by atoms with van der Waals surface area (Å²) in [5.41, 5.74) is 3.84. The molecule has 3 rings (SSSR count). The highest BCUT2D eigenvalue weighted by Gasteiger charge is 2.19. The molecule has 1 aliphatic heterocycles. The first-order chi connectivity index (χ1) is 11.1. The van der Waals surface area contributed by atoms with Crippen molar-refractivity contribution in [1.29, 1.82) is 0 Å². The summed E-state index contributed by atoms with van der Waals surface area (Å²) in [5, 5.41) is 0. The third-order valence-corrected chi connectivity index (χ3v) is 5.01. The summed E-state index contributed by atoms with van der Waals surface area (Å²) in [7, 11) is 0.